The minimum atomic E-state index is -0.415. The smallest absolute Gasteiger partial charge is 0.365 e. The maximum absolute atomic E-state index is 12.8. The van der Waals surface area contributed by atoms with Crippen molar-refractivity contribution in [3.63, 3.8) is 0 Å². The van der Waals surface area contributed by atoms with Crippen molar-refractivity contribution in [3.05, 3.63) is 90.0 Å². The minimum absolute atomic E-state index is 0.124. The van der Waals surface area contributed by atoms with Gasteiger partial charge in [0, 0.05) is 11.3 Å². The molecule has 3 aromatic rings. The van der Waals surface area contributed by atoms with Gasteiger partial charge in [-0.3, -0.25) is 5.14 Å². The number of hydrogen-bond acceptors (Lipinski definition) is 7. The number of hydrogen-bond donors (Lipinski definition) is 1. The Labute approximate surface area is 248 Å². The second kappa shape index (κ2) is 16.8. The van der Waals surface area contributed by atoms with Crippen LogP contribution < -0.4 is 14.6 Å². The zero-order valence-corrected chi connectivity index (χ0v) is 25.2. The number of unbranched alkanes of at least 4 members (excludes halogenated alkanes) is 5. The number of nitrogens with two attached hydrogens (primary N) is 1. The van der Waals surface area contributed by atoms with Gasteiger partial charge in [-0.05, 0) is 78.9 Å². The van der Waals surface area contributed by atoms with Crippen molar-refractivity contribution in [1.29, 1.82) is 0 Å². The van der Waals surface area contributed by atoms with Crippen LogP contribution in [0.4, 0.5) is 0 Å². The van der Waals surface area contributed by atoms with E-state index in [4.69, 9.17) is 19.3 Å². The van der Waals surface area contributed by atoms with E-state index >= 15 is 0 Å². The Bertz CT molecular complexity index is 1200. The Morgan fingerprint density at radius 3 is 1.95 bits per heavy atom. The van der Waals surface area contributed by atoms with Crippen LogP contribution in [0.3, 0.4) is 0 Å². The van der Waals surface area contributed by atoms with Gasteiger partial charge in [0.15, 0.2) is 6.04 Å². The molecule has 0 bridgehead atoms. The van der Waals surface area contributed by atoms with E-state index in [1.807, 2.05) is 39.3 Å². The van der Waals surface area contributed by atoms with Gasteiger partial charge < -0.3 is 18.7 Å². The van der Waals surface area contributed by atoms with Crippen LogP contribution in [0.25, 0.3) is 0 Å². The van der Waals surface area contributed by atoms with Crippen molar-refractivity contribution in [2.45, 2.75) is 55.9 Å². The lowest BCUT2D eigenvalue weighted by atomic mass is 10.0. The number of likely N-dealkylation sites (N-methyl/N-ethyl adjacent to an activating group) is 1. The molecule has 0 radical (unpaired) electrons. The Kier molecular flexibility index (Phi) is 13.2. The molecule has 2 N–H and O–H groups in total. The number of quaternary nitrogens is 1. The van der Waals surface area contributed by atoms with Crippen LogP contribution in [0.15, 0.2) is 83.8 Å². The molecule has 3 rings (SSSR count). The zero-order valence-electron chi connectivity index (χ0n) is 24.4. The first-order valence-corrected chi connectivity index (χ1v) is 15.1. The van der Waals surface area contributed by atoms with Crippen molar-refractivity contribution >= 4 is 23.9 Å². The standard InChI is InChI=1S/C33H43N2O5S/c1-35(2,3)31(25-26-13-9-8-10-14-26)33(37)39-24-12-7-5-4-6-11-23-38-28-17-19-29(20-18-28)40-32(36)27-15-21-30(41-34)22-16-27/h8-10,13-22,31H,4-7,11-12,23-25,34H2,1-3H3/q+1. The summed E-state index contributed by atoms with van der Waals surface area (Å²) in [4.78, 5) is 26.0. The van der Waals surface area contributed by atoms with Crippen molar-refractivity contribution in [1.82, 2.24) is 0 Å². The van der Waals surface area contributed by atoms with Gasteiger partial charge in [0.2, 0.25) is 0 Å². The Hall–Kier alpha value is -3.33. The maximum atomic E-state index is 12.8. The lowest BCUT2D eigenvalue weighted by molar-refractivity contribution is -0.887. The van der Waals surface area contributed by atoms with Gasteiger partial charge in [0.25, 0.3) is 0 Å². The number of carbonyl (C=O) groups excluding carboxylic acids is 2. The second-order valence-corrected chi connectivity index (χ2v) is 11.7. The zero-order chi connectivity index (χ0) is 29.5. The highest BCUT2D eigenvalue weighted by molar-refractivity contribution is 7.97. The monoisotopic (exact) mass is 579 g/mol. The van der Waals surface area contributed by atoms with E-state index in [9.17, 15) is 9.59 Å². The summed E-state index contributed by atoms with van der Waals surface area (Å²) in [5.41, 5.74) is 1.62. The van der Waals surface area contributed by atoms with E-state index < -0.39 is 5.97 Å². The summed E-state index contributed by atoms with van der Waals surface area (Å²) >= 11 is 1.13. The van der Waals surface area contributed by atoms with Gasteiger partial charge in [-0.25, -0.2) is 9.59 Å². The topological polar surface area (TPSA) is 87.9 Å². The fourth-order valence-corrected chi connectivity index (χ4v) is 4.61. The van der Waals surface area contributed by atoms with Gasteiger partial charge in [0.1, 0.15) is 11.5 Å². The molecule has 0 spiro atoms. The molecule has 0 saturated carbocycles. The highest BCUT2D eigenvalue weighted by atomic mass is 32.2. The summed E-state index contributed by atoms with van der Waals surface area (Å²) in [5, 5.41) is 5.51. The fraction of sp³-hybridized carbons (Fsp3) is 0.394. The first-order chi connectivity index (χ1) is 19.8. The number of rotatable bonds is 17. The molecule has 0 fully saturated rings. The highest BCUT2D eigenvalue weighted by Crippen LogP contribution is 2.20. The number of benzene rings is 3. The first kappa shape index (κ1) is 32.2. The first-order valence-electron chi connectivity index (χ1n) is 14.2. The van der Waals surface area contributed by atoms with Crippen molar-refractivity contribution < 1.29 is 28.3 Å². The molecule has 7 nitrogen and oxygen atoms in total. The SMILES string of the molecule is C[N+](C)(C)C(Cc1ccccc1)C(=O)OCCCCCCCCOc1ccc(OC(=O)c2ccc(SN)cc2)cc1. The molecule has 0 aliphatic rings. The summed E-state index contributed by atoms with van der Waals surface area (Å²) in [5.74, 6) is 0.674. The number of ether oxygens (including phenoxy) is 3. The number of esters is 2. The molecular weight excluding hydrogens is 536 g/mol. The summed E-state index contributed by atoms with van der Waals surface area (Å²) in [7, 11) is 6.11. The number of carbonyl (C=O) groups is 2. The Morgan fingerprint density at radius 1 is 0.756 bits per heavy atom. The van der Waals surface area contributed by atoms with Gasteiger partial charge in [0.05, 0.1) is 39.9 Å². The van der Waals surface area contributed by atoms with Crippen LogP contribution in [-0.4, -0.2) is 56.8 Å². The van der Waals surface area contributed by atoms with Crippen LogP contribution in [0, 0.1) is 0 Å². The molecule has 1 atom stereocenters. The third-order valence-corrected chi connectivity index (χ3v) is 7.34. The molecule has 1 unspecified atom stereocenters. The minimum Gasteiger partial charge on any atom is -0.494 e. The quantitative estimate of drug-likeness (QED) is 0.0646. The van der Waals surface area contributed by atoms with E-state index in [0.29, 0.717) is 35.4 Å². The van der Waals surface area contributed by atoms with E-state index in [1.165, 1.54) is 0 Å². The third kappa shape index (κ3) is 11.6. The molecule has 41 heavy (non-hydrogen) atoms. The van der Waals surface area contributed by atoms with Crippen LogP contribution in [0.5, 0.6) is 11.5 Å². The Morgan fingerprint density at radius 2 is 1.34 bits per heavy atom. The summed E-state index contributed by atoms with van der Waals surface area (Å²) in [6, 6.07) is 23.9. The average Bonchev–Trinajstić information content (AvgIpc) is 2.97. The Balaban J connectivity index is 1.23. The highest BCUT2D eigenvalue weighted by Gasteiger charge is 2.33. The normalized spacial score (nSPS) is 12.0. The van der Waals surface area contributed by atoms with E-state index in [2.05, 4.69) is 12.1 Å². The summed E-state index contributed by atoms with van der Waals surface area (Å²) in [6.45, 7) is 1.11. The lowest BCUT2D eigenvalue weighted by Gasteiger charge is -2.32. The summed E-state index contributed by atoms with van der Waals surface area (Å²) in [6.07, 6.45) is 6.86. The molecular formula is C33H43N2O5S+. The van der Waals surface area contributed by atoms with Crippen LogP contribution in [0.2, 0.25) is 0 Å². The molecule has 0 heterocycles. The van der Waals surface area contributed by atoms with Gasteiger partial charge in [-0.1, -0.05) is 56.0 Å². The fourth-order valence-electron chi connectivity index (χ4n) is 4.32. The average molecular weight is 580 g/mol. The van der Waals surface area contributed by atoms with Gasteiger partial charge in [-0.15, -0.1) is 0 Å². The van der Waals surface area contributed by atoms with Crippen LogP contribution in [-0.2, 0) is 16.0 Å². The van der Waals surface area contributed by atoms with Crippen molar-refractivity contribution in [3.8, 4) is 11.5 Å². The van der Waals surface area contributed by atoms with Gasteiger partial charge in [-0.2, -0.15) is 0 Å². The largest absolute Gasteiger partial charge is 0.494 e. The molecule has 0 aliphatic carbocycles. The molecule has 220 valence electrons. The van der Waals surface area contributed by atoms with E-state index in [-0.39, 0.29) is 12.0 Å². The predicted octanol–water partition coefficient (Wildman–Crippen LogP) is 6.45. The van der Waals surface area contributed by atoms with Gasteiger partial charge >= 0.3 is 11.9 Å². The molecule has 0 saturated heterocycles. The third-order valence-electron chi connectivity index (χ3n) is 6.79. The van der Waals surface area contributed by atoms with Crippen LogP contribution in [0.1, 0.15) is 54.4 Å². The van der Waals surface area contributed by atoms with Crippen molar-refractivity contribution in [2.75, 3.05) is 34.4 Å². The predicted molar refractivity (Wildman–Crippen MR) is 164 cm³/mol. The molecule has 0 aromatic heterocycles. The molecule has 8 heteroatoms. The van der Waals surface area contributed by atoms with Crippen molar-refractivity contribution in [2.24, 2.45) is 5.14 Å². The molecule has 3 aromatic carbocycles. The maximum Gasteiger partial charge on any atom is 0.365 e. The number of nitrogens with zero attached hydrogens (tertiary/aromatic N) is 1. The van der Waals surface area contributed by atoms with Crippen LogP contribution >= 0.6 is 11.9 Å². The molecule has 0 aliphatic heterocycles. The lowest BCUT2D eigenvalue weighted by Crippen LogP contribution is -2.51. The summed E-state index contributed by atoms with van der Waals surface area (Å²) < 4.78 is 17.4. The van der Waals surface area contributed by atoms with E-state index in [1.54, 1.807) is 48.5 Å². The second-order valence-electron chi connectivity index (χ2n) is 11.0. The molecule has 0 amide bonds. The van der Waals surface area contributed by atoms with E-state index in [0.717, 1.165) is 66.7 Å².